The van der Waals surface area contributed by atoms with Crippen molar-refractivity contribution in [2.24, 2.45) is 5.73 Å². The summed E-state index contributed by atoms with van der Waals surface area (Å²) < 4.78 is 0. The third-order valence-corrected chi connectivity index (χ3v) is 3.60. The fourth-order valence-corrected chi connectivity index (χ4v) is 3.47. The van der Waals surface area contributed by atoms with Crippen LogP contribution in [0.2, 0.25) is 0 Å². The first-order chi connectivity index (χ1) is 10.1. The zero-order valence-electron chi connectivity index (χ0n) is 15.1. The molecule has 0 aromatic carbocycles. The molecule has 0 aliphatic heterocycles. The lowest BCUT2D eigenvalue weighted by Gasteiger charge is -2.54. The minimum absolute atomic E-state index is 0.341. The van der Waals surface area contributed by atoms with Crippen LogP contribution in [0, 0.1) is 0 Å². The number of Topliss-reactive ketones (excluding diaryl/α,β-unsaturated/α-hetero) is 1. The SMILES string of the molecule is C[C@H](N)C(=O)[C@@](CCC(=O)O)(C(=O)O)N(C(C)(C)C)C(C)(C)C. The fourth-order valence-electron chi connectivity index (χ4n) is 3.47. The van der Waals surface area contributed by atoms with Crippen molar-refractivity contribution in [2.45, 2.75) is 84.0 Å². The molecular weight excluding hydrogens is 300 g/mol. The van der Waals surface area contributed by atoms with Gasteiger partial charge in [-0.15, -0.1) is 0 Å². The zero-order valence-corrected chi connectivity index (χ0v) is 15.1. The number of ketones is 1. The number of nitrogens with two attached hydrogens (primary N) is 1. The van der Waals surface area contributed by atoms with Crippen LogP contribution in [-0.4, -0.2) is 55.5 Å². The number of carbonyl (C=O) groups excluding carboxylic acids is 1. The molecule has 7 heteroatoms. The summed E-state index contributed by atoms with van der Waals surface area (Å²) in [6.45, 7) is 12.2. The number of hydrogen-bond donors (Lipinski definition) is 3. The van der Waals surface area contributed by atoms with E-state index in [0.717, 1.165) is 0 Å². The van der Waals surface area contributed by atoms with Gasteiger partial charge in [-0.1, -0.05) is 0 Å². The number of aliphatic carboxylic acids is 2. The Morgan fingerprint density at radius 3 is 1.61 bits per heavy atom. The summed E-state index contributed by atoms with van der Waals surface area (Å²) in [5.41, 5.74) is 2.32. The molecule has 4 N–H and O–H groups in total. The Morgan fingerprint density at radius 2 is 1.39 bits per heavy atom. The summed E-state index contributed by atoms with van der Waals surface area (Å²) in [5, 5.41) is 19.0. The van der Waals surface area contributed by atoms with Gasteiger partial charge in [0, 0.05) is 17.5 Å². The van der Waals surface area contributed by atoms with E-state index in [1.165, 1.54) is 6.92 Å². The average molecular weight is 330 g/mol. The molecule has 0 aliphatic carbocycles. The van der Waals surface area contributed by atoms with Gasteiger partial charge in [0.05, 0.1) is 6.04 Å². The predicted octanol–water partition coefficient (Wildman–Crippen LogP) is 1.49. The van der Waals surface area contributed by atoms with Crippen molar-refractivity contribution < 1.29 is 24.6 Å². The van der Waals surface area contributed by atoms with Gasteiger partial charge in [0.1, 0.15) is 0 Å². The summed E-state index contributed by atoms with van der Waals surface area (Å²) in [4.78, 5) is 37.6. The monoisotopic (exact) mass is 330 g/mol. The largest absolute Gasteiger partial charge is 0.481 e. The molecule has 0 aromatic rings. The molecule has 0 heterocycles. The number of hydrogen-bond acceptors (Lipinski definition) is 5. The fraction of sp³-hybridized carbons (Fsp3) is 0.812. The highest BCUT2D eigenvalue weighted by Gasteiger charge is 2.58. The lowest BCUT2D eigenvalue weighted by molar-refractivity contribution is -0.172. The van der Waals surface area contributed by atoms with E-state index in [1.54, 1.807) is 46.4 Å². The first kappa shape index (κ1) is 21.5. The molecule has 0 fully saturated rings. The maximum Gasteiger partial charge on any atom is 0.332 e. The predicted molar refractivity (Wildman–Crippen MR) is 87.2 cm³/mol. The number of carboxylic acid groups (broad SMARTS) is 2. The molecule has 0 aromatic heterocycles. The second-order valence-corrected chi connectivity index (χ2v) is 7.89. The van der Waals surface area contributed by atoms with Crippen molar-refractivity contribution in [1.82, 2.24) is 4.90 Å². The molecule has 0 rings (SSSR count). The van der Waals surface area contributed by atoms with Crippen LogP contribution in [0.15, 0.2) is 0 Å². The second kappa shape index (κ2) is 6.97. The summed E-state index contributed by atoms with van der Waals surface area (Å²) in [6, 6.07) is -1.02. The zero-order chi connectivity index (χ0) is 18.8. The Hall–Kier alpha value is -1.47. The van der Waals surface area contributed by atoms with Crippen molar-refractivity contribution in [1.29, 1.82) is 0 Å². The normalized spacial score (nSPS) is 16.7. The average Bonchev–Trinajstić information content (AvgIpc) is 2.29. The number of carbonyl (C=O) groups is 3. The second-order valence-electron chi connectivity index (χ2n) is 7.89. The maximum atomic E-state index is 12.8. The van der Waals surface area contributed by atoms with Crippen molar-refractivity contribution in [3.63, 3.8) is 0 Å². The molecule has 0 spiro atoms. The molecule has 0 radical (unpaired) electrons. The van der Waals surface area contributed by atoms with Crippen LogP contribution in [0.25, 0.3) is 0 Å². The van der Waals surface area contributed by atoms with Crippen molar-refractivity contribution in [3.8, 4) is 0 Å². The van der Waals surface area contributed by atoms with E-state index in [9.17, 15) is 19.5 Å². The highest BCUT2D eigenvalue weighted by molar-refractivity contribution is 6.10. The Balaban J connectivity index is 6.52. The number of carboxylic acids is 2. The van der Waals surface area contributed by atoms with E-state index >= 15 is 0 Å². The Kier molecular flexibility index (Phi) is 6.52. The molecule has 134 valence electrons. The van der Waals surface area contributed by atoms with E-state index in [-0.39, 0.29) is 6.42 Å². The molecular formula is C16H30N2O5. The molecule has 0 bridgehead atoms. The summed E-state index contributed by atoms with van der Waals surface area (Å²) in [6.07, 6.45) is -0.778. The van der Waals surface area contributed by atoms with Crippen LogP contribution in [-0.2, 0) is 14.4 Å². The van der Waals surface area contributed by atoms with Crippen molar-refractivity contribution >= 4 is 17.7 Å². The van der Waals surface area contributed by atoms with Crippen LogP contribution in [0.5, 0.6) is 0 Å². The van der Waals surface area contributed by atoms with E-state index in [4.69, 9.17) is 10.8 Å². The van der Waals surface area contributed by atoms with Gasteiger partial charge in [-0.25, -0.2) is 4.79 Å². The van der Waals surface area contributed by atoms with Crippen LogP contribution in [0.1, 0.15) is 61.3 Å². The van der Waals surface area contributed by atoms with E-state index in [2.05, 4.69) is 0 Å². The van der Waals surface area contributed by atoms with Gasteiger partial charge < -0.3 is 15.9 Å². The van der Waals surface area contributed by atoms with Gasteiger partial charge in [0.15, 0.2) is 11.3 Å². The molecule has 0 saturated heterocycles. The van der Waals surface area contributed by atoms with Crippen LogP contribution in [0.3, 0.4) is 0 Å². The molecule has 0 amide bonds. The Morgan fingerprint density at radius 1 is 1.00 bits per heavy atom. The van der Waals surface area contributed by atoms with Gasteiger partial charge in [0.2, 0.25) is 0 Å². The summed E-state index contributed by atoms with van der Waals surface area (Å²) in [7, 11) is 0. The van der Waals surface area contributed by atoms with Gasteiger partial charge in [-0.2, -0.15) is 0 Å². The van der Waals surface area contributed by atoms with Crippen LogP contribution >= 0.6 is 0 Å². The topological polar surface area (TPSA) is 121 Å². The summed E-state index contributed by atoms with van der Waals surface area (Å²) >= 11 is 0. The number of nitrogens with zero attached hydrogens (tertiary/aromatic N) is 1. The van der Waals surface area contributed by atoms with Gasteiger partial charge in [-0.05, 0) is 54.9 Å². The maximum absolute atomic E-state index is 12.8. The quantitative estimate of drug-likeness (QED) is 0.605. The lowest BCUT2D eigenvalue weighted by atomic mass is 9.77. The van der Waals surface area contributed by atoms with Crippen molar-refractivity contribution in [3.05, 3.63) is 0 Å². The standard InChI is InChI=1S/C16H30N2O5/c1-10(17)12(21)16(13(22)23,9-8-11(19)20)18(14(2,3)4)15(5,6)7/h10H,8-9,17H2,1-7H3,(H,19,20)(H,22,23)/t10-,16-/m0/s1. The van der Waals surface area contributed by atoms with Crippen LogP contribution < -0.4 is 5.73 Å². The first-order valence-corrected chi connectivity index (χ1v) is 7.64. The van der Waals surface area contributed by atoms with Gasteiger partial charge >= 0.3 is 11.9 Å². The van der Waals surface area contributed by atoms with Gasteiger partial charge in [-0.3, -0.25) is 14.5 Å². The Bertz CT molecular complexity index is 460. The smallest absolute Gasteiger partial charge is 0.332 e. The van der Waals surface area contributed by atoms with E-state index in [1.807, 2.05) is 0 Å². The third kappa shape index (κ3) is 4.75. The Labute approximate surface area is 137 Å². The van der Waals surface area contributed by atoms with Gasteiger partial charge in [0.25, 0.3) is 0 Å². The van der Waals surface area contributed by atoms with Crippen molar-refractivity contribution in [2.75, 3.05) is 0 Å². The third-order valence-electron chi connectivity index (χ3n) is 3.60. The lowest BCUT2D eigenvalue weighted by Crippen LogP contribution is -2.72. The molecule has 2 atom stereocenters. The molecule has 0 aliphatic rings. The van der Waals surface area contributed by atoms with E-state index in [0.29, 0.717) is 0 Å². The molecule has 0 unspecified atom stereocenters. The molecule has 23 heavy (non-hydrogen) atoms. The summed E-state index contributed by atoms with van der Waals surface area (Å²) in [5.74, 6) is -3.21. The minimum atomic E-state index is -2.00. The number of rotatable bonds is 7. The minimum Gasteiger partial charge on any atom is -0.481 e. The highest BCUT2D eigenvalue weighted by Crippen LogP contribution is 2.38. The molecule has 0 saturated carbocycles. The highest BCUT2D eigenvalue weighted by atomic mass is 16.4. The van der Waals surface area contributed by atoms with Crippen LogP contribution in [0.4, 0.5) is 0 Å². The first-order valence-electron chi connectivity index (χ1n) is 7.64. The van der Waals surface area contributed by atoms with E-state index < -0.39 is 46.8 Å². The molecule has 7 nitrogen and oxygen atoms in total.